The molecule has 1 heterocycles. The Labute approximate surface area is 117 Å². The largest absolute Gasteiger partial charge is 0.398 e. The number of aromatic nitrogens is 2. The van der Waals surface area contributed by atoms with E-state index in [0.717, 1.165) is 16.7 Å². The second-order valence-corrected chi connectivity index (χ2v) is 4.47. The molecule has 0 unspecified atom stereocenters. The van der Waals surface area contributed by atoms with Crippen LogP contribution in [0.5, 0.6) is 0 Å². The Morgan fingerprint density at radius 2 is 1.35 bits per heavy atom. The van der Waals surface area contributed by atoms with Crippen LogP contribution in [0, 0.1) is 0 Å². The highest BCUT2D eigenvalue weighted by Crippen LogP contribution is 2.34. The van der Waals surface area contributed by atoms with E-state index < -0.39 is 0 Å². The summed E-state index contributed by atoms with van der Waals surface area (Å²) >= 11 is 0. The molecular weight excluding hydrogens is 248 g/mol. The van der Waals surface area contributed by atoms with Crippen molar-refractivity contribution < 1.29 is 0 Å². The molecule has 4 heteroatoms. The minimum absolute atomic E-state index is 0.577. The Morgan fingerprint density at radius 1 is 0.700 bits per heavy atom. The maximum atomic E-state index is 6.08. The quantitative estimate of drug-likeness (QED) is 0.696. The van der Waals surface area contributed by atoms with Crippen LogP contribution in [0.3, 0.4) is 0 Å². The molecule has 1 aromatic heterocycles. The molecule has 98 valence electrons. The standard InChI is InChI=1S/C16H14N4/c17-14-10-15(18)13(16-19-7-4-8-20-16)9-12(14)11-5-2-1-3-6-11/h1-10H,17-18H2. The lowest BCUT2D eigenvalue weighted by molar-refractivity contribution is 1.18. The predicted molar refractivity (Wildman–Crippen MR) is 81.7 cm³/mol. The highest BCUT2D eigenvalue weighted by molar-refractivity contribution is 5.86. The van der Waals surface area contributed by atoms with Crippen LogP contribution in [0.2, 0.25) is 0 Å². The lowest BCUT2D eigenvalue weighted by Crippen LogP contribution is -1.98. The van der Waals surface area contributed by atoms with Crippen molar-refractivity contribution in [2.45, 2.75) is 0 Å². The highest BCUT2D eigenvalue weighted by atomic mass is 14.9. The molecule has 0 spiro atoms. The number of anilines is 2. The summed E-state index contributed by atoms with van der Waals surface area (Å²) in [5, 5.41) is 0. The van der Waals surface area contributed by atoms with E-state index in [-0.39, 0.29) is 0 Å². The van der Waals surface area contributed by atoms with Crippen molar-refractivity contribution in [2.24, 2.45) is 0 Å². The van der Waals surface area contributed by atoms with E-state index in [1.54, 1.807) is 24.5 Å². The lowest BCUT2D eigenvalue weighted by atomic mass is 9.99. The third-order valence-electron chi connectivity index (χ3n) is 3.11. The molecular formula is C16H14N4. The smallest absolute Gasteiger partial charge is 0.161 e. The van der Waals surface area contributed by atoms with Crippen LogP contribution in [0.1, 0.15) is 0 Å². The number of rotatable bonds is 2. The molecule has 0 aliphatic heterocycles. The molecule has 0 saturated carbocycles. The molecule has 0 fully saturated rings. The molecule has 0 aliphatic carbocycles. The highest BCUT2D eigenvalue weighted by Gasteiger charge is 2.11. The fourth-order valence-corrected chi connectivity index (χ4v) is 2.13. The molecule has 0 aliphatic rings. The SMILES string of the molecule is Nc1cc(N)c(-c2ncccn2)cc1-c1ccccc1. The van der Waals surface area contributed by atoms with Gasteiger partial charge < -0.3 is 11.5 Å². The van der Waals surface area contributed by atoms with Gasteiger partial charge >= 0.3 is 0 Å². The van der Waals surface area contributed by atoms with Gasteiger partial charge in [0.2, 0.25) is 0 Å². The number of hydrogen-bond acceptors (Lipinski definition) is 4. The molecule has 20 heavy (non-hydrogen) atoms. The molecule has 0 saturated heterocycles. The minimum Gasteiger partial charge on any atom is -0.398 e. The van der Waals surface area contributed by atoms with E-state index in [9.17, 15) is 0 Å². The summed E-state index contributed by atoms with van der Waals surface area (Å²) in [7, 11) is 0. The summed E-state index contributed by atoms with van der Waals surface area (Å²) in [5.74, 6) is 0.599. The first-order valence-corrected chi connectivity index (χ1v) is 6.27. The average molecular weight is 262 g/mol. The van der Waals surface area contributed by atoms with Gasteiger partial charge in [-0.15, -0.1) is 0 Å². The van der Waals surface area contributed by atoms with Crippen LogP contribution in [-0.2, 0) is 0 Å². The van der Waals surface area contributed by atoms with E-state index in [1.165, 1.54) is 0 Å². The van der Waals surface area contributed by atoms with E-state index in [0.29, 0.717) is 17.2 Å². The summed E-state index contributed by atoms with van der Waals surface area (Å²) in [4.78, 5) is 8.48. The summed E-state index contributed by atoms with van der Waals surface area (Å²) in [5.41, 5.74) is 16.1. The predicted octanol–water partition coefficient (Wildman–Crippen LogP) is 2.98. The number of benzene rings is 2. The van der Waals surface area contributed by atoms with Crippen molar-refractivity contribution >= 4 is 11.4 Å². The second-order valence-electron chi connectivity index (χ2n) is 4.47. The zero-order valence-electron chi connectivity index (χ0n) is 10.8. The van der Waals surface area contributed by atoms with Crippen molar-refractivity contribution in [2.75, 3.05) is 11.5 Å². The summed E-state index contributed by atoms with van der Waals surface area (Å²) in [6, 6.07) is 15.4. The van der Waals surface area contributed by atoms with Crippen molar-refractivity contribution in [3.05, 3.63) is 60.9 Å². The first-order valence-electron chi connectivity index (χ1n) is 6.27. The first kappa shape index (κ1) is 12.2. The number of nitrogens with zero attached hydrogens (tertiary/aromatic N) is 2. The molecule has 0 amide bonds. The van der Waals surface area contributed by atoms with Crippen LogP contribution in [0.25, 0.3) is 22.5 Å². The molecule has 3 rings (SSSR count). The molecule has 0 radical (unpaired) electrons. The Kier molecular flexibility index (Phi) is 3.05. The second kappa shape index (κ2) is 5.01. The van der Waals surface area contributed by atoms with Crippen molar-refractivity contribution in [3.63, 3.8) is 0 Å². The molecule has 2 aromatic carbocycles. The fraction of sp³-hybridized carbons (Fsp3) is 0. The summed E-state index contributed by atoms with van der Waals surface area (Å²) in [6.45, 7) is 0. The van der Waals surface area contributed by atoms with Gasteiger partial charge in [0.1, 0.15) is 0 Å². The van der Waals surface area contributed by atoms with Crippen molar-refractivity contribution in [1.82, 2.24) is 9.97 Å². The van der Waals surface area contributed by atoms with E-state index in [4.69, 9.17) is 11.5 Å². The Balaban J connectivity index is 2.19. The maximum absolute atomic E-state index is 6.08. The van der Waals surface area contributed by atoms with Gasteiger partial charge in [-0.2, -0.15) is 0 Å². The van der Waals surface area contributed by atoms with Crippen LogP contribution in [0.15, 0.2) is 60.9 Å². The van der Waals surface area contributed by atoms with Crippen molar-refractivity contribution in [1.29, 1.82) is 0 Å². The molecule has 0 bridgehead atoms. The van der Waals surface area contributed by atoms with Crippen LogP contribution >= 0.6 is 0 Å². The molecule has 4 nitrogen and oxygen atoms in total. The van der Waals surface area contributed by atoms with E-state index in [2.05, 4.69) is 9.97 Å². The van der Waals surface area contributed by atoms with Crippen molar-refractivity contribution in [3.8, 4) is 22.5 Å². The van der Waals surface area contributed by atoms with Crippen LogP contribution in [0.4, 0.5) is 11.4 Å². The van der Waals surface area contributed by atoms with Gasteiger partial charge in [0, 0.05) is 34.9 Å². The Bertz CT molecular complexity index is 663. The molecule has 0 atom stereocenters. The number of nitrogen functional groups attached to an aromatic ring is 2. The van der Waals surface area contributed by atoms with Gasteiger partial charge in [-0.25, -0.2) is 9.97 Å². The third kappa shape index (κ3) is 2.19. The van der Waals surface area contributed by atoms with Gasteiger partial charge in [0.05, 0.1) is 0 Å². The third-order valence-corrected chi connectivity index (χ3v) is 3.11. The normalized spacial score (nSPS) is 10.4. The van der Waals surface area contributed by atoms with Gasteiger partial charge in [0.25, 0.3) is 0 Å². The zero-order valence-corrected chi connectivity index (χ0v) is 10.8. The first-order chi connectivity index (χ1) is 9.75. The lowest BCUT2D eigenvalue weighted by Gasteiger charge is -2.11. The zero-order chi connectivity index (χ0) is 13.9. The average Bonchev–Trinajstić information content (AvgIpc) is 2.49. The summed E-state index contributed by atoms with van der Waals surface area (Å²) in [6.07, 6.45) is 3.39. The van der Waals surface area contributed by atoms with Gasteiger partial charge in [-0.1, -0.05) is 30.3 Å². The van der Waals surface area contributed by atoms with Gasteiger partial charge in [0.15, 0.2) is 5.82 Å². The van der Waals surface area contributed by atoms with Crippen LogP contribution in [-0.4, -0.2) is 9.97 Å². The fourth-order valence-electron chi connectivity index (χ4n) is 2.13. The molecule has 3 aromatic rings. The minimum atomic E-state index is 0.577. The Morgan fingerprint density at radius 3 is 2.05 bits per heavy atom. The van der Waals surface area contributed by atoms with Crippen LogP contribution < -0.4 is 11.5 Å². The number of hydrogen-bond donors (Lipinski definition) is 2. The van der Waals surface area contributed by atoms with Gasteiger partial charge in [-0.3, -0.25) is 0 Å². The topological polar surface area (TPSA) is 77.8 Å². The van der Waals surface area contributed by atoms with E-state index in [1.807, 2.05) is 36.4 Å². The maximum Gasteiger partial charge on any atom is 0.161 e. The monoisotopic (exact) mass is 262 g/mol. The number of nitrogens with two attached hydrogens (primary N) is 2. The Hall–Kier alpha value is -2.88. The van der Waals surface area contributed by atoms with E-state index >= 15 is 0 Å². The summed E-state index contributed by atoms with van der Waals surface area (Å²) < 4.78 is 0. The van der Waals surface area contributed by atoms with Gasteiger partial charge in [-0.05, 0) is 23.8 Å². The molecule has 4 N–H and O–H groups in total.